The first-order valence-corrected chi connectivity index (χ1v) is 8.11. The maximum atomic E-state index is 10.1. The minimum atomic E-state index is -1.24. The van der Waals surface area contributed by atoms with Gasteiger partial charge >= 0.3 is 26.2 Å². The monoisotopic (exact) mass is 620 g/mol. The van der Waals surface area contributed by atoms with E-state index < -0.39 is 17.9 Å². The number of aromatic carboxylic acids is 3. The Morgan fingerprint density at radius 3 is 0.742 bits per heavy atom. The van der Waals surface area contributed by atoms with E-state index in [1.165, 1.54) is 72.8 Å². The zero-order chi connectivity index (χ0) is 22.7. The zero-order valence-electron chi connectivity index (χ0n) is 15.7. The maximum Gasteiger partial charge on any atom is 3.00 e. The molecule has 9 nitrogen and oxygen atoms in total. The van der Waals surface area contributed by atoms with Crippen LogP contribution in [0.2, 0.25) is 0 Å². The topological polar surface area (TPSA) is 181 Å². The van der Waals surface area contributed by atoms with Crippen molar-refractivity contribution in [1.29, 1.82) is 0 Å². The second-order valence-electron chi connectivity index (χ2n) is 5.50. The fourth-order valence-corrected chi connectivity index (χ4v) is 1.79. The van der Waals surface area contributed by atoms with Crippen molar-refractivity contribution in [3.63, 3.8) is 0 Å². The molecule has 0 aliphatic rings. The summed E-state index contributed by atoms with van der Waals surface area (Å²) in [6.45, 7) is 0. The van der Waals surface area contributed by atoms with Gasteiger partial charge in [0.2, 0.25) is 0 Å². The van der Waals surface area contributed by atoms with E-state index in [2.05, 4.69) is 0 Å². The van der Waals surface area contributed by atoms with Gasteiger partial charge in [0, 0.05) is 0 Å². The number of carbonyl (C=O) groups excluding carboxylic acids is 3. The van der Waals surface area contributed by atoms with Crippen LogP contribution in [0.1, 0.15) is 31.1 Å². The Hall–Kier alpha value is -3.65. The fourth-order valence-electron chi connectivity index (χ4n) is 1.79. The van der Waals surface area contributed by atoms with Crippen LogP contribution in [-0.2, 0) is 0 Å². The third-order valence-electron chi connectivity index (χ3n) is 3.31. The van der Waals surface area contributed by atoms with Gasteiger partial charge in [-0.3, -0.25) is 0 Å². The summed E-state index contributed by atoms with van der Waals surface area (Å²) in [6.07, 6.45) is 0. The summed E-state index contributed by atoms with van der Waals surface area (Å²) in [5.74, 6) is -3.57. The fraction of sp³-hybridized carbons (Fsp3) is 0. The number of carboxylic acid groups (broad SMARTS) is 3. The van der Waals surface area contributed by atoms with E-state index in [9.17, 15) is 29.7 Å². The first kappa shape index (κ1) is 27.4. The Morgan fingerprint density at radius 2 is 0.613 bits per heavy atom. The van der Waals surface area contributed by atoms with Crippen molar-refractivity contribution in [2.24, 2.45) is 0 Å². The molecule has 3 aromatic rings. The molecule has 0 unspecified atom stereocenters. The molecule has 0 bridgehead atoms. The Balaban J connectivity index is 0.000000429. The number of carboxylic acids is 3. The van der Waals surface area contributed by atoms with E-state index in [1.807, 2.05) is 0 Å². The van der Waals surface area contributed by atoms with Crippen molar-refractivity contribution in [3.05, 3.63) is 89.5 Å². The van der Waals surface area contributed by atoms with Crippen LogP contribution >= 0.6 is 0 Å². The van der Waals surface area contributed by atoms with E-state index in [4.69, 9.17) is 15.3 Å². The van der Waals surface area contributed by atoms with Crippen molar-refractivity contribution in [2.75, 3.05) is 0 Å². The molecule has 3 aromatic carbocycles. The quantitative estimate of drug-likeness (QED) is 0.306. The van der Waals surface area contributed by atoms with Crippen molar-refractivity contribution >= 4 is 44.1 Å². The number of phenols is 3. The SMILES string of the molecule is O=C([O-])c1ccc(O)cc1.O=C([O-])c1ccc(O)cc1.O=C([O-])c1ccc(O)cc1.[Bi+3]. The average molecular weight is 620 g/mol. The number of benzene rings is 3. The maximum absolute atomic E-state index is 10.1. The number of hydrogen-bond acceptors (Lipinski definition) is 9. The Labute approximate surface area is 195 Å². The third-order valence-corrected chi connectivity index (χ3v) is 3.31. The molecule has 0 fully saturated rings. The second kappa shape index (κ2) is 13.6. The standard InChI is InChI=1S/3C7H6O3.Bi/c3*8-6-3-1-5(2-4-6)7(9)10;/h3*1-4,8H,(H,9,10);/q;;;+3/p-3. The van der Waals surface area contributed by atoms with Gasteiger partial charge in [0.15, 0.2) is 0 Å². The Bertz CT molecular complexity index is 851. The van der Waals surface area contributed by atoms with Crippen LogP contribution in [0, 0.1) is 0 Å². The van der Waals surface area contributed by atoms with Crippen LogP contribution < -0.4 is 15.3 Å². The van der Waals surface area contributed by atoms with Crippen LogP contribution in [0.25, 0.3) is 0 Å². The number of hydrogen-bond donors (Lipinski definition) is 3. The molecule has 0 saturated heterocycles. The van der Waals surface area contributed by atoms with Crippen LogP contribution in [0.4, 0.5) is 0 Å². The van der Waals surface area contributed by atoms with Gasteiger partial charge in [-0.25, -0.2) is 0 Å². The molecular formula is C21H15BiO9. The predicted molar refractivity (Wildman–Crippen MR) is 103 cm³/mol. The molecule has 0 saturated carbocycles. The van der Waals surface area contributed by atoms with Crippen LogP contribution in [0.3, 0.4) is 0 Å². The molecule has 158 valence electrons. The summed E-state index contributed by atoms with van der Waals surface area (Å²) in [4.78, 5) is 30.4. The van der Waals surface area contributed by atoms with Gasteiger partial charge in [-0.2, -0.15) is 0 Å². The molecule has 3 rings (SSSR count). The summed E-state index contributed by atoms with van der Waals surface area (Å²) in [5.41, 5.74) is 0.202. The van der Waals surface area contributed by atoms with E-state index in [1.54, 1.807) is 0 Å². The van der Waals surface area contributed by atoms with Gasteiger partial charge in [-0.05, 0) is 89.5 Å². The number of aromatic hydroxyl groups is 3. The zero-order valence-corrected chi connectivity index (χ0v) is 19.1. The molecule has 31 heavy (non-hydrogen) atoms. The summed E-state index contributed by atoms with van der Waals surface area (Å²) in [6, 6.07) is 15.5. The molecule has 0 heterocycles. The van der Waals surface area contributed by atoms with E-state index in [0.29, 0.717) is 0 Å². The van der Waals surface area contributed by atoms with Gasteiger partial charge < -0.3 is 45.0 Å². The number of rotatable bonds is 3. The summed E-state index contributed by atoms with van der Waals surface area (Å²) >= 11 is 0. The molecule has 0 spiro atoms. The molecule has 10 heteroatoms. The minimum Gasteiger partial charge on any atom is -0.545 e. The van der Waals surface area contributed by atoms with Crippen LogP contribution in [0.5, 0.6) is 17.2 Å². The van der Waals surface area contributed by atoms with Gasteiger partial charge in [-0.15, -0.1) is 0 Å². The Kier molecular flexibility index (Phi) is 12.0. The van der Waals surface area contributed by atoms with E-state index in [-0.39, 0.29) is 60.1 Å². The minimum absolute atomic E-state index is 0. The Morgan fingerprint density at radius 1 is 0.452 bits per heavy atom. The molecule has 0 aliphatic heterocycles. The summed E-state index contributed by atoms with van der Waals surface area (Å²) < 4.78 is 0. The summed E-state index contributed by atoms with van der Waals surface area (Å²) in [7, 11) is 0. The number of phenolic OH excluding ortho intramolecular Hbond substituents is 3. The van der Waals surface area contributed by atoms with Crippen molar-refractivity contribution in [3.8, 4) is 17.2 Å². The largest absolute Gasteiger partial charge is 3.00 e. The van der Waals surface area contributed by atoms with Crippen molar-refractivity contribution < 1.29 is 45.0 Å². The number of carbonyl (C=O) groups is 3. The molecule has 3 N–H and O–H groups in total. The first-order chi connectivity index (χ1) is 14.1. The third kappa shape index (κ3) is 10.6. The van der Waals surface area contributed by atoms with Gasteiger partial charge in [0.05, 0.1) is 17.9 Å². The predicted octanol–water partition coefficient (Wildman–Crippen LogP) is -1.11. The van der Waals surface area contributed by atoms with Gasteiger partial charge in [-0.1, -0.05) is 0 Å². The molecule has 0 aromatic heterocycles. The first-order valence-electron chi connectivity index (χ1n) is 8.11. The van der Waals surface area contributed by atoms with E-state index in [0.717, 1.165) is 0 Å². The molecule has 0 amide bonds. The van der Waals surface area contributed by atoms with Gasteiger partial charge in [0.25, 0.3) is 0 Å². The summed E-state index contributed by atoms with van der Waals surface area (Å²) in [5, 5.41) is 56.5. The molecule has 0 aliphatic carbocycles. The van der Waals surface area contributed by atoms with Crippen LogP contribution in [-0.4, -0.2) is 59.4 Å². The van der Waals surface area contributed by atoms with E-state index >= 15 is 0 Å². The molecular weight excluding hydrogens is 605 g/mol. The molecule has 2 radical (unpaired) electrons. The second-order valence-corrected chi connectivity index (χ2v) is 5.50. The average Bonchev–Trinajstić information content (AvgIpc) is 2.70. The van der Waals surface area contributed by atoms with Gasteiger partial charge in [0.1, 0.15) is 17.2 Å². The molecule has 0 atom stereocenters. The van der Waals surface area contributed by atoms with Crippen LogP contribution in [0.15, 0.2) is 72.8 Å². The van der Waals surface area contributed by atoms with Crippen molar-refractivity contribution in [1.82, 2.24) is 0 Å². The van der Waals surface area contributed by atoms with Crippen molar-refractivity contribution in [2.45, 2.75) is 0 Å². The normalized spacial score (nSPS) is 8.90. The smallest absolute Gasteiger partial charge is 0.545 e.